The Morgan fingerprint density at radius 1 is 0.737 bits per heavy atom. The van der Waals surface area contributed by atoms with Crippen molar-refractivity contribution in [3.63, 3.8) is 0 Å². The summed E-state index contributed by atoms with van der Waals surface area (Å²) in [5.41, 5.74) is 1.27. The molecule has 1 rings (SSSR count). The molecule has 108 valence electrons. The second kappa shape index (κ2) is 5.73. The van der Waals surface area contributed by atoms with Gasteiger partial charge in [0, 0.05) is 5.69 Å². The Morgan fingerprint density at radius 3 is 1.37 bits per heavy atom. The van der Waals surface area contributed by atoms with Crippen molar-refractivity contribution >= 4 is 66.6 Å². The standard InChI is InChI=1S/C12H22Cl3NSi3/c1-17(2,3)16(18(4,5)6)11-7-9-12(10-8-11)19(13,14)15/h7-10H,1-6H3. The van der Waals surface area contributed by atoms with Crippen LogP contribution in [0.25, 0.3) is 0 Å². The van der Waals surface area contributed by atoms with Crippen LogP contribution in [-0.2, 0) is 0 Å². The molecule has 0 radical (unpaired) electrons. The van der Waals surface area contributed by atoms with Gasteiger partial charge in [0.25, 0.3) is 0 Å². The lowest BCUT2D eigenvalue weighted by molar-refractivity contribution is 1.36. The molecule has 0 aliphatic carbocycles. The molecule has 7 heteroatoms. The Balaban J connectivity index is 3.20. The van der Waals surface area contributed by atoms with Crippen molar-refractivity contribution in [1.29, 1.82) is 0 Å². The molecular formula is C12H22Cl3NSi3. The van der Waals surface area contributed by atoms with Crippen LogP contribution in [0.2, 0.25) is 39.3 Å². The fourth-order valence-corrected chi connectivity index (χ4v) is 14.2. The predicted octanol–water partition coefficient (Wildman–Crippen LogP) is 5.03. The molecule has 1 aromatic carbocycles. The van der Waals surface area contributed by atoms with Crippen molar-refractivity contribution in [2.24, 2.45) is 0 Å². The third-order valence-electron chi connectivity index (χ3n) is 2.79. The Kier molecular flexibility index (Phi) is 5.31. The maximum atomic E-state index is 6.04. The smallest absolute Gasteiger partial charge is 0.372 e. The highest BCUT2D eigenvalue weighted by Gasteiger charge is 2.35. The summed E-state index contributed by atoms with van der Waals surface area (Å²) in [7, 11) is -2.84. The Bertz CT molecular complexity index is 416. The Morgan fingerprint density at radius 2 is 1.11 bits per heavy atom. The van der Waals surface area contributed by atoms with Gasteiger partial charge in [-0.05, 0) is 17.3 Å². The molecule has 0 saturated carbocycles. The van der Waals surface area contributed by atoms with Gasteiger partial charge in [0.15, 0.2) is 0 Å². The minimum Gasteiger partial charge on any atom is -0.425 e. The number of anilines is 1. The molecule has 1 nitrogen and oxygen atoms in total. The van der Waals surface area contributed by atoms with Crippen molar-refractivity contribution in [1.82, 2.24) is 0 Å². The van der Waals surface area contributed by atoms with Gasteiger partial charge >= 0.3 is 6.00 Å². The molecule has 0 aliphatic heterocycles. The average molecular weight is 371 g/mol. The molecule has 0 N–H and O–H groups in total. The van der Waals surface area contributed by atoms with Gasteiger partial charge in [0.05, 0.1) is 0 Å². The molecule has 0 heterocycles. The lowest BCUT2D eigenvalue weighted by atomic mass is 10.3. The van der Waals surface area contributed by atoms with Crippen LogP contribution in [0.3, 0.4) is 0 Å². The summed E-state index contributed by atoms with van der Waals surface area (Å²) >= 11 is 18.1. The van der Waals surface area contributed by atoms with Gasteiger partial charge in [-0.3, -0.25) is 0 Å². The summed E-state index contributed by atoms with van der Waals surface area (Å²) in [6.07, 6.45) is 0. The quantitative estimate of drug-likeness (QED) is 0.531. The van der Waals surface area contributed by atoms with Crippen molar-refractivity contribution in [3.8, 4) is 0 Å². The summed E-state index contributed by atoms with van der Waals surface area (Å²) in [4.78, 5) is 0. The fraction of sp³-hybridized carbons (Fsp3) is 0.500. The molecule has 0 amide bonds. The second-order valence-corrected chi connectivity index (χ2v) is 25.2. The van der Waals surface area contributed by atoms with Crippen molar-refractivity contribution in [2.45, 2.75) is 39.3 Å². The van der Waals surface area contributed by atoms with Crippen LogP contribution in [-0.4, -0.2) is 22.5 Å². The zero-order valence-electron chi connectivity index (χ0n) is 12.4. The van der Waals surface area contributed by atoms with E-state index in [2.05, 4.69) is 55.6 Å². The Hall–Kier alpha value is 0.541. The number of hydrogen-bond donors (Lipinski definition) is 0. The highest BCUT2D eigenvalue weighted by molar-refractivity contribution is 7.69. The van der Waals surface area contributed by atoms with Gasteiger partial charge in [-0.25, -0.2) is 0 Å². The van der Waals surface area contributed by atoms with Crippen LogP contribution in [0, 0.1) is 0 Å². The topological polar surface area (TPSA) is 3.24 Å². The van der Waals surface area contributed by atoms with Crippen LogP contribution in [0.15, 0.2) is 24.3 Å². The number of rotatable bonds is 4. The summed E-state index contributed by atoms with van der Waals surface area (Å²) in [6.45, 7) is 14.3. The SMILES string of the molecule is C[Si](C)(C)N(c1ccc([Si](Cl)(Cl)Cl)cc1)[Si](C)(C)C. The largest absolute Gasteiger partial charge is 0.425 e. The minimum atomic E-state index is -2.76. The van der Waals surface area contributed by atoms with Crippen LogP contribution in [0.1, 0.15) is 0 Å². The van der Waals surface area contributed by atoms with Gasteiger partial charge in [-0.2, -0.15) is 0 Å². The van der Waals surface area contributed by atoms with Crippen LogP contribution < -0.4 is 9.42 Å². The first-order chi connectivity index (χ1) is 8.33. The molecular weight excluding hydrogens is 349 g/mol. The average Bonchev–Trinajstić information content (AvgIpc) is 2.12. The maximum absolute atomic E-state index is 6.04. The van der Waals surface area contributed by atoms with Crippen molar-refractivity contribution in [2.75, 3.05) is 4.23 Å². The molecule has 19 heavy (non-hydrogen) atoms. The third kappa shape index (κ3) is 4.79. The van der Waals surface area contributed by atoms with Crippen molar-refractivity contribution in [3.05, 3.63) is 24.3 Å². The zero-order chi connectivity index (χ0) is 15.1. The fourth-order valence-electron chi connectivity index (χ4n) is 2.58. The molecule has 0 unspecified atom stereocenters. The zero-order valence-corrected chi connectivity index (χ0v) is 17.7. The summed E-state index contributed by atoms with van der Waals surface area (Å²) in [5.74, 6) is 0. The third-order valence-corrected chi connectivity index (χ3v) is 13.0. The molecule has 0 aromatic heterocycles. The molecule has 0 aliphatic rings. The van der Waals surface area contributed by atoms with E-state index < -0.39 is 22.5 Å². The first-order valence-corrected chi connectivity index (χ1v) is 18.2. The molecule has 0 fully saturated rings. The normalized spacial score (nSPS) is 13.5. The molecule has 0 spiro atoms. The summed E-state index contributed by atoms with van der Waals surface area (Å²) in [5, 5.41) is 0.854. The minimum absolute atomic E-state index is 0.854. The van der Waals surface area contributed by atoms with Gasteiger partial charge in [0.1, 0.15) is 16.5 Å². The second-order valence-electron chi connectivity index (χ2n) is 6.72. The number of nitrogens with zero attached hydrogens (tertiary/aromatic N) is 1. The van der Waals surface area contributed by atoms with Gasteiger partial charge in [-0.1, -0.05) is 51.4 Å². The van der Waals surface area contributed by atoms with Crippen LogP contribution in [0.5, 0.6) is 0 Å². The predicted molar refractivity (Wildman–Crippen MR) is 98.6 cm³/mol. The van der Waals surface area contributed by atoms with E-state index in [0.29, 0.717) is 0 Å². The maximum Gasteiger partial charge on any atom is 0.372 e. The van der Waals surface area contributed by atoms with E-state index in [1.54, 1.807) is 0 Å². The molecule has 0 saturated heterocycles. The van der Waals surface area contributed by atoms with E-state index in [1.165, 1.54) is 5.69 Å². The van der Waals surface area contributed by atoms with E-state index in [1.807, 2.05) is 12.1 Å². The van der Waals surface area contributed by atoms with Crippen LogP contribution >= 0.6 is 33.2 Å². The first-order valence-electron chi connectivity index (χ1n) is 6.31. The van der Waals surface area contributed by atoms with Crippen LogP contribution in [0.4, 0.5) is 5.69 Å². The number of hydrogen-bond acceptors (Lipinski definition) is 1. The first kappa shape index (κ1) is 17.6. The van der Waals surface area contributed by atoms with E-state index in [0.717, 1.165) is 5.19 Å². The van der Waals surface area contributed by atoms with E-state index in [-0.39, 0.29) is 0 Å². The highest BCUT2D eigenvalue weighted by Crippen LogP contribution is 2.28. The van der Waals surface area contributed by atoms with Gasteiger partial charge in [-0.15, -0.1) is 33.2 Å². The van der Waals surface area contributed by atoms with Crippen molar-refractivity contribution < 1.29 is 0 Å². The lowest BCUT2D eigenvalue weighted by Gasteiger charge is -2.46. The van der Waals surface area contributed by atoms with Gasteiger partial charge in [0.2, 0.25) is 0 Å². The van der Waals surface area contributed by atoms with E-state index in [4.69, 9.17) is 33.2 Å². The van der Waals surface area contributed by atoms with E-state index >= 15 is 0 Å². The number of halogens is 3. The summed E-state index contributed by atoms with van der Waals surface area (Å²) in [6, 6.07) is 5.41. The highest BCUT2D eigenvalue weighted by atomic mass is 35.8. The molecule has 1 aromatic rings. The lowest BCUT2D eigenvalue weighted by Crippen LogP contribution is -2.59. The summed E-state index contributed by atoms with van der Waals surface area (Å²) < 4.78 is 2.66. The Labute approximate surface area is 134 Å². The monoisotopic (exact) mass is 369 g/mol. The number of benzene rings is 1. The molecule has 0 bridgehead atoms. The van der Waals surface area contributed by atoms with Gasteiger partial charge < -0.3 is 4.23 Å². The van der Waals surface area contributed by atoms with E-state index in [9.17, 15) is 0 Å². The molecule has 0 atom stereocenters.